The lowest BCUT2D eigenvalue weighted by atomic mass is 9.90. The molecule has 0 N–H and O–H groups in total. The molecule has 10 heavy (non-hydrogen) atoms. The molecule has 1 fully saturated rings. The summed E-state index contributed by atoms with van der Waals surface area (Å²) in [6, 6.07) is 0. The molecular formula is C10H15. The zero-order valence-corrected chi connectivity index (χ0v) is 6.74. The highest BCUT2D eigenvalue weighted by Crippen LogP contribution is 2.24. The lowest BCUT2D eigenvalue weighted by Crippen LogP contribution is -2.00. The van der Waals surface area contributed by atoms with Gasteiger partial charge in [0.05, 0.1) is 0 Å². The highest BCUT2D eigenvalue weighted by molar-refractivity contribution is 5.21. The lowest BCUT2D eigenvalue weighted by Gasteiger charge is -2.14. The van der Waals surface area contributed by atoms with Crippen LogP contribution in [0, 0.1) is 17.8 Å². The third-order valence-electron chi connectivity index (χ3n) is 1.90. The predicted octanol–water partition coefficient (Wildman–Crippen LogP) is 2.94. The van der Waals surface area contributed by atoms with Gasteiger partial charge in [0.15, 0.2) is 0 Å². The molecule has 0 aromatic carbocycles. The van der Waals surface area contributed by atoms with Gasteiger partial charge in [0, 0.05) is 12.3 Å². The van der Waals surface area contributed by atoms with Crippen molar-refractivity contribution in [2.24, 2.45) is 0 Å². The maximum Gasteiger partial charge on any atom is 0.0479 e. The first-order chi connectivity index (χ1) is 4.93. The Morgan fingerprint density at radius 1 is 1.20 bits per heavy atom. The van der Waals surface area contributed by atoms with E-state index in [4.69, 9.17) is 0 Å². The summed E-state index contributed by atoms with van der Waals surface area (Å²) >= 11 is 0. The van der Waals surface area contributed by atoms with Crippen molar-refractivity contribution >= 4 is 0 Å². The third-order valence-corrected chi connectivity index (χ3v) is 1.90. The zero-order valence-electron chi connectivity index (χ0n) is 6.74. The van der Waals surface area contributed by atoms with E-state index in [2.05, 4.69) is 18.8 Å². The van der Waals surface area contributed by atoms with Gasteiger partial charge >= 0.3 is 0 Å². The van der Waals surface area contributed by atoms with E-state index >= 15 is 0 Å². The molecule has 1 aliphatic carbocycles. The molecule has 0 nitrogen and oxygen atoms in total. The highest BCUT2D eigenvalue weighted by Gasteiger charge is 2.10. The Balaban J connectivity index is 2.25. The minimum Gasteiger partial charge on any atom is -0.103 e. The number of hydrogen-bond acceptors (Lipinski definition) is 0. The van der Waals surface area contributed by atoms with Gasteiger partial charge in [-0.15, -0.1) is 5.92 Å². The van der Waals surface area contributed by atoms with Crippen LogP contribution in [0.15, 0.2) is 0 Å². The maximum absolute atomic E-state index is 3.24. The molecule has 0 unspecified atom stereocenters. The standard InChI is InChI=1S/C10H15/c1-2-3-7-10-8-5-4-6-9-10/h2,4-6,8-9H2,1H3. The third kappa shape index (κ3) is 2.43. The van der Waals surface area contributed by atoms with Gasteiger partial charge in [-0.2, -0.15) is 0 Å². The van der Waals surface area contributed by atoms with Crippen molar-refractivity contribution < 1.29 is 0 Å². The summed E-state index contributed by atoms with van der Waals surface area (Å²) in [4.78, 5) is 0. The molecule has 0 heterocycles. The molecule has 0 spiro atoms. The van der Waals surface area contributed by atoms with Crippen LogP contribution in [-0.4, -0.2) is 0 Å². The summed E-state index contributed by atoms with van der Waals surface area (Å²) in [5.41, 5.74) is 0. The lowest BCUT2D eigenvalue weighted by molar-refractivity contribution is 0.563. The number of hydrogen-bond donors (Lipinski definition) is 0. The molecule has 0 heteroatoms. The number of rotatable bonds is 0. The largest absolute Gasteiger partial charge is 0.103 e. The van der Waals surface area contributed by atoms with E-state index in [1.165, 1.54) is 38.0 Å². The van der Waals surface area contributed by atoms with Crippen LogP contribution in [0.3, 0.4) is 0 Å². The van der Waals surface area contributed by atoms with Crippen molar-refractivity contribution in [3.8, 4) is 11.8 Å². The molecule has 1 rings (SSSR count). The van der Waals surface area contributed by atoms with Crippen LogP contribution >= 0.6 is 0 Å². The van der Waals surface area contributed by atoms with Crippen LogP contribution in [0.5, 0.6) is 0 Å². The maximum atomic E-state index is 3.24. The normalized spacial score (nSPS) is 19.7. The van der Waals surface area contributed by atoms with Crippen molar-refractivity contribution in [1.29, 1.82) is 0 Å². The Kier molecular flexibility index (Phi) is 3.36. The van der Waals surface area contributed by atoms with E-state index < -0.39 is 0 Å². The molecule has 1 saturated carbocycles. The summed E-state index contributed by atoms with van der Waals surface area (Å²) in [6.07, 6.45) is 7.70. The summed E-state index contributed by atoms with van der Waals surface area (Å²) < 4.78 is 0. The Hall–Kier alpha value is -0.440. The van der Waals surface area contributed by atoms with Crippen molar-refractivity contribution in [2.45, 2.75) is 45.4 Å². The predicted molar refractivity (Wildman–Crippen MR) is 44.4 cm³/mol. The van der Waals surface area contributed by atoms with Crippen LogP contribution in [0.4, 0.5) is 0 Å². The van der Waals surface area contributed by atoms with Crippen molar-refractivity contribution in [3.63, 3.8) is 0 Å². The smallest absolute Gasteiger partial charge is 0.0479 e. The molecule has 0 atom stereocenters. The summed E-state index contributed by atoms with van der Waals surface area (Å²) in [5.74, 6) is 7.86. The fourth-order valence-electron chi connectivity index (χ4n) is 1.32. The molecular weight excluding hydrogens is 120 g/mol. The molecule has 0 bridgehead atoms. The zero-order chi connectivity index (χ0) is 7.23. The topological polar surface area (TPSA) is 0 Å². The van der Waals surface area contributed by atoms with Gasteiger partial charge in [0.2, 0.25) is 0 Å². The van der Waals surface area contributed by atoms with Gasteiger partial charge in [0.25, 0.3) is 0 Å². The Labute approximate surface area is 64.0 Å². The van der Waals surface area contributed by atoms with Crippen LogP contribution < -0.4 is 0 Å². The second-order valence-corrected chi connectivity index (χ2v) is 2.82. The first kappa shape index (κ1) is 7.66. The van der Waals surface area contributed by atoms with Gasteiger partial charge in [-0.05, 0) is 12.8 Å². The molecule has 0 aliphatic heterocycles. The Morgan fingerprint density at radius 3 is 2.50 bits per heavy atom. The van der Waals surface area contributed by atoms with Gasteiger partial charge in [-0.3, -0.25) is 0 Å². The second kappa shape index (κ2) is 4.39. The van der Waals surface area contributed by atoms with Crippen LogP contribution in [0.2, 0.25) is 0 Å². The average molecular weight is 135 g/mol. The van der Waals surface area contributed by atoms with E-state index in [0.717, 1.165) is 6.42 Å². The van der Waals surface area contributed by atoms with Crippen LogP contribution in [0.25, 0.3) is 0 Å². The SMILES string of the molecule is CCC#C[C]1CCCCC1. The van der Waals surface area contributed by atoms with Crippen LogP contribution in [0.1, 0.15) is 45.4 Å². The summed E-state index contributed by atoms with van der Waals surface area (Å²) in [6.45, 7) is 2.11. The quantitative estimate of drug-likeness (QED) is 0.448. The fraction of sp³-hybridized carbons (Fsp3) is 0.700. The Bertz CT molecular complexity index is 130. The van der Waals surface area contributed by atoms with E-state index in [1.807, 2.05) is 0 Å². The summed E-state index contributed by atoms with van der Waals surface area (Å²) in [5, 5.41) is 0. The minimum absolute atomic E-state index is 1.00. The van der Waals surface area contributed by atoms with E-state index in [9.17, 15) is 0 Å². The van der Waals surface area contributed by atoms with Crippen LogP contribution in [-0.2, 0) is 0 Å². The Morgan fingerprint density at radius 2 is 1.90 bits per heavy atom. The first-order valence-corrected chi connectivity index (χ1v) is 4.27. The van der Waals surface area contributed by atoms with E-state index in [1.54, 1.807) is 0 Å². The minimum atomic E-state index is 1.00. The van der Waals surface area contributed by atoms with Gasteiger partial charge in [0.1, 0.15) is 0 Å². The van der Waals surface area contributed by atoms with Crippen molar-refractivity contribution in [3.05, 3.63) is 5.92 Å². The van der Waals surface area contributed by atoms with Crippen molar-refractivity contribution in [2.75, 3.05) is 0 Å². The highest BCUT2D eigenvalue weighted by atomic mass is 14.1. The molecule has 1 aliphatic rings. The molecule has 0 aromatic rings. The monoisotopic (exact) mass is 135 g/mol. The average Bonchev–Trinajstić information content (AvgIpc) is 2.03. The van der Waals surface area contributed by atoms with Gasteiger partial charge < -0.3 is 0 Å². The molecule has 0 saturated heterocycles. The van der Waals surface area contributed by atoms with Gasteiger partial charge in [-0.1, -0.05) is 32.1 Å². The second-order valence-electron chi connectivity index (χ2n) is 2.82. The van der Waals surface area contributed by atoms with E-state index in [0.29, 0.717) is 0 Å². The summed E-state index contributed by atoms with van der Waals surface area (Å²) in [7, 11) is 0. The fourth-order valence-corrected chi connectivity index (χ4v) is 1.32. The molecule has 0 amide bonds. The van der Waals surface area contributed by atoms with Crippen molar-refractivity contribution in [1.82, 2.24) is 0 Å². The molecule has 1 radical (unpaired) electrons. The molecule has 0 aromatic heterocycles. The molecule has 55 valence electrons. The van der Waals surface area contributed by atoms with E-state index in [-0.39, 0.29) is 0 Å². The first-order valence-electron chi connectivity index (χ1n) is 4.27. The van der Waals surface area contributed by atoms with Gasteiger partial charge in [-0.25, -0.2) is 0 Å².